The third-order valence-electron chi connectivity index (χ3n) is 6.50. The first-order valence-electron chi connectivity index (χ1n) is 10.7. The lowest BCUT2D eigenvalue weighted by Crippen LogP contribution is -2.12. The highest BCUT2D eigenvalue weighted by atomic mass is 19.2. The molecule has 0 nitrogen and oxygen atoms in total. The van der Waals surface area contributed by atoms with E-state index in [1.165, 1.54) is 28.8 Å². The molecule has 3 aromatic rings. The maximum atomic E-state index is 13.5. The van der Waals surface area contributed by atoms with E-state index in [-0.39, 0.29) is 0 Å². The summed E-state index contributed by atoms with van der Waals surface area (Å²) in [6.07, 6.45) is 5.31. The Balaban J connectivity index is 1.35. The van der Waals surface area contributed by atoms with Gasteiger partial charge in [-0.2, -0.15) is 0 Å². The molecule has 0 unspecified atom stereocenters. The second-order valence-corrected chi connectivity index (χ2v) is 8.48. The lowest BCUT2D eigenvalue weighted by atomic mass is 9.76. The van der Waals surface area contributed by atoms with Crippen LogP contribution in [-0.4, -0.2) is 0 Å². The Labute approximate surface area is 172 Å². The van der Waals surface area contributed by atoms with E-state index in [0.29, 0.717) is 17.8 Å². The van der Waals surface area contributed by atoms with Gasteiger partial charge < -0.3 is 0 Å². The molecule has 0 bridgehead atoms. The molecule has 1 aliphatic rings. The highest BCUT2D eigenvalue weighted by Gasteiger charge is 2.24. The lowest BCUT2D eigenvalue weighted by Gasteiger charge is -2.29. The molecule has 150 valence electrons. The Morgan fingerprint density at radius 1 is 0.724 bits per heavy atom. The highest BCUT2D eigenvalue weighted by Crippen LogP contribution is 2.40. The van der Waals surface area contributed by atoms with Crippen molar-refractivity contribution in [2.75, 3.05) is 0 Å². The first kappa shape index (κ1) is 19.8. The maximum absolute atomic E-state index is 13.5. The summed E-state index contributed by atoms with van der Waals surface area (Å²) in [6, 6.07) is 24.2. The SMILES string of the molecule is C[C@@H](Cc1ccc(C2CCC(c3ccc(F)c(F)c3)CC2)cc1)c1ccccc1. The molecule has 1 saturated carbocycles. The van der Waals surface area contributed by atoms with E-state index in [1.807, 2.05) is 0 Å². The van der Waals surface area contributed by atoms with Gasteiger partial charge in [0.15, 0.2) is 11.6 Å². The van der Waals surface area contributed by atoms with Crippen molar-refractivity contribution in [2.45, 2.75) is 56.8 Å². The van der Waals surface area contributed by atoms with Crippen molar-refractivity contribution < 1.29 is 8.78 Å². The van der Waals surface area contributed by atoms with E-state index < -0.39 is 11.6 Å². The molecule has 0 saturated heterocycles. The van der Waals surface area contributed by atoms with Gasteiger partial charge in [0.25, 0.3) is 0 Å². The average molecular weight is 391 g/mol. The van der Waals surface area contributed by atoms with Crippen LogP contribution in [0.5, 0.6) is 0 Å². The van der Waals surface area contributed by atoms with Gasteiger partial charge in [0, 0.05) is 0 Å². The minimum Gasteiger partial charge on any atom is -0.204 e. The summed E-state index contributed by atoms with van der Waals surface area (Å²) in [5.41, 5.74) is 5.10. The number of hydrogen-bond acceptors (Lipinski definition) is 0. The number of rotatable bonds is 5. The fourth-order valence-electron chi connectivity index (χ4n) is 4.71. The van der Waals surface area contributed by atoms with Crippen molar-refractivity contribution >= 4 is 0 Å². The minimum atomic E-state index is -0.760. The zero-order valence-corrected chi connectivity index (χ0v) is 17.0. The maximum Gasteiger partial charge on any atom is 0.159 e. The summed E-state index contributed by atoms with van der Waals surface area (Å²) in [4.78, 5) is 0. The molecule has 0 aromatic heterocycles. The molecule has 3 aromatic carbocycles. The fourth-order valence-corrected chi connectivity index (χ4v) is 4.71. The van der Waals surface area contributed by atoms with Crippen molar-refractivity contribution in [1.29, 1.82) is 0 Å². The predicted octanol–water partition coefficient (Wildman–Crippen LogP) is 7.75. The van der Waals surface area contributed by atoms with Crippen LogP contribution in [0.15, 0.2) is 72.8 Å². The molecular formula is C27H28F2. The van der Waals surface area contributed by atoms with Crippen molar-refractivity contribution in [3.8, 4) is 0 Å². The van der Waals surface area contributed by atoms with Crippen molar-refractivity contribution in [3.63, 3.8) is 0 Å². The largest absolute Gasteiger partial charge is 0.204 e. The van der Waals surface area contributed by atoms with Crippen LogP contribution in [0.4, 0.5) is 8.78 Å². The smallest absolute Gasteiger partial charge is 0.159 e. The van der Waals surface area contributed by atoms with E-state index in [1.54, 1.807) is 6.07 Å². The second-order valence-electron chi connectivity index (χ2n) is 8.48. The molecule has 1 aliphatic carbocycles. The summed E-state index contributed by atoms with van der Waals surface area (Å²) >= 11 is 0. The standard InChI is InChI=1S/C27H28F2/c1-19(21-5-3-2-4-6-21)17-20-7-9-22(10-8-20)23-11-13-24(14-12-23)25-15-16-26(28)27(29)18-25/h2-10,15-16,18-19,23-24H,11-14,17H2,1H3/t19-,23?,24?/m0/s1. The van der Waals surface area contributed by atoms with Crippen LogP contribution in [0, 0.1) is 11.6 Å². The summed E-state index contributed by atoms with van der Waals surface area (Å²) in [5.74, 6) is -0.0767. The summed E-state index contributed by atoms with van der Waals surface area (Å²) < 4.78 is 26.7. The summed E-state index contributed by atoms with van der Waals surface area (Å²) in [7, 11) is 0. The molecule has 0 aliphatic heterocycles. The van der Waals surface area contributed by atoms with E-state index in [2.05, 4.69) is 61.5 Å². The zero-order valence-electron chi connectivity index (χ0n) is 17.0. The van der Waals surface area contributed by atoms with Crippen LogP contribution in [0.3, 0.4) is 0 Å². The topological polar surface area (TPSA) is 0 Å². The van der Waals surface area contributed by atoms with Crippen LogP contribution < -0.4 is 0 Å². The predicted molar refractivity (Wildman–Crippen MR) is 115 cm³/mol. The molecule has 0 spiro atoms. The third kappa shape index (κ3) is 4.75. The molecule has 2 heteroatoms. The molecule has 29 heavy (non-hydrogen) atoms. The van der Waals surface area contributed by atoms with Crippen molar-refractivity contribution in [2.24, 2.45) is 0 Å². The van der Waals surface area contributed by atoms with Gasteiger partial charge >= 0.3 is 0 Å². The highest BCUT2D eigenvalue weighted by molar-refractivity contribution is 5.29. The molecular weight excluding hydrogens is 362 g/mol. The molecule has 0 amide bonds. The van der Waals surface area contributed by atoms with Crippen molar-refractivity contribution in [3.05, 3.63) is 107 Å². The molecule has 0 N–H and O–H groups in total. The molecule has 1 fully saturated rings. The Morgan fingerprint density at radius 2 is 1.31 bits per heavy atom. The third-order valence-corrected chi connectivity index (χ3v) is 6.50. The van der Waals surface area contributed by atoms with Crippen LogP contribution in [0.2, 0.25) is 0 Å². The Hall–Kier alpha value is -2.48. The van der Waals surface area contributed by atoms with Crippen LogP contribution in [0.25, 0.3) is 0 Å². The van der Waals surface area contributed by atoms with Crippen molar-refractivity contribution in [1.82, 2.24) is 0 Å². The Morgan fingerprint density at radius 3 is 1.93 bits per heavy atom. The van der Waals surface area contributed by atoms with Crippen LogP contribution >= 0.6 is 0 Å². The van der Waals surface area contributed by atoms with Gasteiger partial charge in [-0.1, -0.05) is 67.6 Å². The quantitative estimate of drug-likeness (QED) is 0.418. The normalized spacial score (nSPS) is 20.4. The van der Waals surface area contributed by atoms with Gasteiger partial charge in [-0.3, -0.25) is 0 Å². The number of benzene rings is 3. The average Bonchev–Trinajstić information content (AvgIpc) is 2.77. The fraction of sp³-hybridized carbons (Fsp3) is 0.333. The summed E-state index contributed by atoms with van der Waals surface area (Å²) in [6.45, 7) is 2.28. The second kappa shape index (κ2) is 8.90. The number of halogens is 2. The van der Waals surface area contributed by atoms with E-state index in [4.69, 9.17) is 0 Å². The minimum absolute atomic E-state index is 0.340. The van der Waals surface area contributed by atoms with Gasteiger partial charge in [0.2, 0.25) is 0 Å². The van der Waals surface area contributed by atoms with Crippen LogP contribution in [0.1, 0.15) is 72.6 Å². The Kier molecular flexibility index (Phi) is 6.08. The Bertz CT molecular complexity index is 923. The molecule has 0 heterocycles. The lowest BCUT2D eigenvalue weighted by molar-refractivity contribution is 0.394. The first-order valence-corrected chi connectivity index (χ1v) is 10.7. The van der Waals surface area contributed by atoms with Gasteiger partial charge in [-0.25, -0.2) is 8.78 Å². The molecule has 0 radical (unpaired) electrons. The van der Waals surface area contributed by atoms with Gasteiger partial charge in [-0.05, 0) is 84.2 Å². The van der Waals surface area contributed by atoms with Gasteiger partial charge in [0.05, 0.1) is 0 Å². The molecule has 4 rings (SSSR count). The monoisotopic (exact) mass is 390 g/mol. The van der Waals surface area contributed by atoms with Gasteiger partial charge in [-0.15, -0.1) is 0 Å². The first-order chi connectivity index (χ1) is 14.1. The zero-order chi connectivity index (χ0) is 20.2. The van der Waals surface area contributed by atoms with E-state index in [9.17, 15) is 8.78 Å². The summed E-state index contributed by atoms with van der Waals surface area (Å²) in [5, 5.41) is 0. The van der Waals surface area contributed by atoms with Gasteiger partial charge in [0.1, 0.15) is 0 Å². The van der Waals surface area contributed by atoms with E-state index >= 15 is 0 Å². The van der Waals surface area contributed by atoms with E-state index in [0.717, 1.165) is 37.7 Å². The number of hydrogen-bond donors (Lipinski definition) is 0. The van der Waals surface area contributed by atoms with Crippen LogP contribution in [-0.2, 0) is 6.42 Å². The molecule has 1 atom stereocenters.